The predicted octanol–water partition coefficient (Wildman–Crippen LogP) is 4.43. The second kappa shape index (κ2) is 7.53. The summed E-state index contributed by atoms with van der Waals surface area (Å²) in [6, 6.07) is 17.6. The van der Waals surface area contributed by atoms with Crippen molar-refractivity contribution in [3.8, 4) is 0 Å². The van der Waals surface area contributed by atoms with Crippen molar-refractivity contribution in [2.24, 2.45) is 0 Å². The molecule has 0 spiro atoms. The molecule has 0 saturated carbocycles. The molecule has 0 aliphatic heterocycles. The Morgan fingerprint density at radius 2 is 1.83 bits per heavy atom. The lowest BCUT2D eigenvalue weighted by molar-refractivity contribution is 0.0951. The summed E-state index contributed by atoms with van der Waals surface area (Å²) in [4.78, 5) is 17.7. The fourth-order valence-corrected chi connectivity index (χ4v) is 3.33. The van der Waals surface area contributed by atoms with Crippen LogP contribution in [0.15, 0.2) is 65.3 Å². The molecule has 0 aliphatic rings. The minimum atomic E-state index is -0.0858. The van der Waals surface area contributed by atoms with Crippen molar-refractivity contribution < 1.29 is 4.79 Å². The number of halogens is 1. The minimum absolute atomic E-state index is 0.0858. The lowest BCUT2D eigenvalue weighted by atomic mass is 10.1. The lowest BCUT2D eigenvalue weighted by Crippen LogP contribution is -2.22. The number of nitrogens with one attached hydrogen (secondary N) is 1. The maximum absolute atomic E-state index is 12.1. The van der Waals surface area contributed by atoms with E-state index in [1.165, 1.54) is 10.4 Å². The molecule has 1 N–H and O–H groups in total. The SMILES string of the molecule is O=C(NCc1ncc(Cc2ccccc2)s1)c1ccc(Br)cc1. The summed E-state index contributed by atoms with van der Waals surface area (Å²) >= 11 is 4.99. The first-order valence-corrected chi connectivity index (χ1v) is 8.83. The number of rotatable bonds is 5. The van der Waals surface area contributed by atoms with Crippen molar-refractivity contribution >= 4 is 33.2 Å². The molecule has 1 heterocycles. The van der Waals surface area contributed by atoms with Gasteiger partial charge >= 0.3 is 0 Å². The van der Waals surface area contributed by atoms with Crippen LogP contribution >= 0.6 is 27.3 Å². The molecule has 23 heavy (non-hydrogen) atoms. The zero-order chi connectivity index (χ0) is 16.1. The van der Waals surface area contributed by atoms with E-state index in [4.69, 9.17) is 0 Å². The summed E-state index contributed by atoms with van der Waals surface area (Å²) in [5.41, 5.74) is 1.91. The van der Waals surface area contributed by atoms with E-state index in [1.54, 1.807) is 23.5 Å². The maximum atomic E-state index is 12.1. The molecule has 5 heteroatoms. The van der Waals surface area contributed by atoms with E-state index < -0.39 is 0 Å². The minimum Gasteiger partial charge on any atom is -0.346 e. The highest BCUT2D eigenvalue weighted by atomic mass is 79.9. The van der Waals surface area contributed by atoms with Crippen molar-refractivity contribution in [2.75, 3.05) is 0 Å². The molecule has 0 radical (unpaired) electrons. The Hall–Kier alpha value is -1.98. The third-order valence-corrected chi connectivity index (χ3v) is 4.86. The van der Waals surface area contributed by atoms with Crippen LogP contribution in [0, 0.1) is 0 Å². The lowest BCUT2D eigenvalue weighted by Gasteiger charge is -2.03. The van der Waals surface area contributed by atoms with Gasteiger partial charge < -0.3 is 5.32 Å². The number of hydrogen-bond acceptors (Lipinski definition) is 3. The van der Waals surface area contributed by atoms with Gasteiger partial charge in [0.25, 0.3) is 5.91 Å². The number of hydrogen-bond donors (Lipinski definition) is 1. The van der Waals surface area contributed by atoms with E-state index >= 15 is 0 Å². The highest BCUT2D eigenvalue weighted by Gasteiger charge is 2.07. The van der Waals surface area contributed by atoms with Crippen LogP contribution in [-0.2, 0) is 13.0 Å². The van der Waals surface area contributed by atoms with Crippen LogP contribution in [0.4, 0.5) is 0 Å². The highest BCUT2D eigenvalue weighted by Crippen LogP contribution is 2.17. The van der Waals surface area contributed by atoms with Gasteiger partial charge in [-0.05, 0) is 29.8 Å². The number of amides is 1. The number of carbonyl (C=O) groups excluding carboxylic acids is 1. The fourth-order valence-electron chi connectivity index (χ4n) is 2.17. The van der Waals surface area contributed by atoms with Crippen molar-refractivity contribution in [1.82, 2.24) is 10.3 Å². The van der Waals surface area contributed by atoms with Crippen LogP contribution < -0.4 is 5.32 Å². The number of nitrogens with zero attached hydrogens (tertiary/aromatic N) is 1. The summed E-state index contributed by atoms with van der Waals surface area (Å²) in [6.07, 6.45) is 2.76. The predicted molar refractivity (Wildman–Crippen MR) is 96.7 cm³/mol. The molecule has 0 bridgehead atoms. The second-order valence-electron chi connectivity index (χ2n) is 5.07. The van der Waals surface area contributed by atoms with E-state index in [1.807, 2.05) is 36.5 Å². The van der Waals surface area contributed by atoms with E-state index in [-0.39, 0.29) is 5.91 Å². The normalized spacial score (nSPS) is 10.5. The standard InChI is InChI=1S/C18H15BrN2OS/c19-15-8-6-14(7-9-15)18(22)21-12-17-20-11-16(23-17)10-13-4-2-1-3-5-13/h1-9,11H,10,12H2,(H,21,22). The number of thiazole rings is 1. The van der Waals surface area contributed by atoms with Gasteiger partial charge in [0.2, 0.25) is 0 Å². The van der Waals surface area contributed by atoms with Crippen molar-refractivity contribution in [3.63, 3.8) is 0 Å². The Balaban J connectivity index is 1.57. The zero-order valence-corrected chi connectivity index (χ0v) is 14.7. The van der Waals surface area contributed by atoms with Gasteiger partial charge in [0, 0.05) is 27.5 Å². The van der Waals surface area contributed by atoms with Crippen molar-refractivity contribution in [2.45, 2.75) is 13.0 Å². The molecule has 0 aliphatic carbocycles. The van der Waals surface area contributed by atoms with Gasteiger partial charge in [-0.1, -0.05) is 46.3 Å². The molecule has 0 atom stereocenters. The van der Waals surface area contributed by atoms with Gasteiger partial charge in [0.15, 0.2) is 0 Å². The molecule has 2 aromatic carbocycles. The Morgan fingerprint density at radius 1 is 1.09 bits per heavy atom. The molecule has 1 amide bonds. The van der Waals surface area contributed by atoms with Gasteiger partial charge in [0.05, 0.1) is 6.54 Å². The van der Waals surface area contributed by atoms with Crippen LogP contribution in [0.5, 0.6) is 0 Å². The Morgan fingerprint density at radius 3 is 2.57 bits per heavy atom. The number of aromatic nitrogens is 1. The van der Waals surface area contributed by atoms with Crippen LogP contribution in [0.2, 0.25) is 0 Å². The van der Waals surface area contributed by atoms with Gasteiger partial charge in [-0.2, -0.15) is 0 Å². The first kappa shape index (κ1) is 15.9. The number of benzene rings is 2. The van der Waals surface area contributed by atoms with E-state index in [0.29, 0.717) is 12.1 Å². The van der Waals surface area contributed by atoms with Crippen LogP contribution in [0.25, 0.3) is 0 Å². The molecule has 3 rings (SSSR count). The average molecular weight is 387 g/mol. The topological polar surface area (TPSA) is 42.0 Å². The summed E-state index contributed by atoms with van der Waals surface area (Å²) in [6.45, 7) is 0.453. The molecule has 3 aromatic rings. The van der Waals surface area contributed by atoms with Crippen LogP contribution in [-0.4, -0.2) is 10.9 Å². The molecule has 3 nitrogen and oxygen atoms in total. The van der Waals surface area contributed by atoms with E-state index in [2.05, 4.69) is 38.4 Å². The molecule has 0 fully saturated rings. The van der Waals surface area contributed by atoms with Gasteiger partial charge in [0.1, 0.15) is 5.01 Å². The molecule has 116 valence electrons. The highest BCUT2D eigenvalue weighted by molar-refractivity contribution is 9.10. The summed E-state index contributed by atoms with van der Waals surface area (Å²) < 4.78 is 0.958. The molecule has 1 aromatic heterocycles. The second-order valence-corrected chi connectivity index (χ2v) is 7.19. The van der Waals surface area contributed by atoms with Gasteiger partial charge in [-0.15, -0.1) is 11.3 Å². The third-order valence-electron chi connectivity index (χ3n) is 3.33. The molecular weight excluding hydrogens is 372 g/mol. The van der Waals surface area contributed by atoms with E-state index in [9.17, 15) is 4.79 Å². The fraction of sp³-hybridized carbons (Fsp3) is 0.111. The molecule has 0 unspecified atom stereocenters. The first-order chi connectivity index (χ1) is 11.2. The maximum Gasteiger partial charge on any atom is 0.251 e. The van der Waals surface area contributed by atoms with Gasteiger partial charge in [-0.25, -0.2) is 4.98 Å². The third kappa shape index (κ3) is 4.50. The largest absolute Gasteiger partial charge is 0.346 e. The Bertz CT molecular complexity index is 784. The van der Waals surface area contributed by atoms with Crippen LogP contribution in [0.1, 0.15) is 25.8 Å². The summed E-state index contributed by atoms with van der Waals surface area (Å²) in [5, 5.41) is 3.82. The monoisotopic (exact) mass is 386 g/mol. The molecular formula is C18H15BrN2OS. The van der Waals surface area contributed by atoms with E-state index in [0.717, 1.165) is 15.9 Å². The smallest absolute Gasteiger partial charge is 0.251 e. The average Bonchev–Trinajstić information content (AvgIpc) is 3.02. The van der Waals surface area contributed by atoms with Crippen LogP contribution in [0.3, 0.4) is 0 Å². The van der Waals surface area contributed by atoms with Crippen molar-refractivity contribution in [3.05, 3.63) is 86.3 Å². The quantitative estimate of drug-likeness (QED) is 0.704. The number of carbonyl (C=O) groups is 1. The van der Waals surface area contributed by atoms with Crippen molar-refractivity contribution in [1.29, 1.82) is 0 Å². The molecule has 0 saturated heterocycles. The van der Waals surface area contributed by atoms with Gasteiger partial charge in [-0.3, -0.25) is 4.79 Å². The summed E-state index contributed by atoms with van der Waals surface area (Å²) in [5.74, 6) is -0.0858. The summed E-state index contributed by atoms with van der Waals surface area (Å²) in [7, 11) is 0. The Kier molecular flexibility index (Phi) is 5.20. The zero-order valence-electron chi connectivity index (χ0n) is 12.3. The Labute approximate surface area is 147 Å². The first-order valence-electron chi connectivity index (χ1n) is 7.22.